The summed E-state index contributed by atoms with van der Waals surface area (Å²) in [5, 5.41) is 0. The number of aromatic nitrogens is 1. The van der Waals surface area contributed by atoms with Gasteiger partial charge in [0.1, 0.15) is 0 Å². The van der Waals surface area contributed by atoms with Gasteiger partial charge in [-0.1, -0.05) is 36.4 Å². The molecule has 0 aliphatic heterocycles. The maximum absolute atomic E-state index is 4.08. The van der Waals surface area contributed by atoms with Gasteiger partial charge < -0.3 is 4.98 Å². The van der Waals surface area contributed by atoms with Gasteiger partial charge in [-0.2, -0.15) is 0 Å². The zero-order valence-electron chi connectivity index (χ0n) is 8.25. The van der Waals surface area contributed by atoms with Crippen molar-refractivity contribution in [2.75, 3.05) is 0 Å². The Morgan fingerprint density at radius 1 is 1.07 bits per heavy atom. The van der Waals surface area contributed by atoms with Crippen LogP contribution in [-0.2, 0) is 0 Å². The van der Waals surface area contributed by atoms with Gasteiger partial charge in [-0.15, -0.1) is 0 Å². The third-order valence-electron chi connectivity index (χ3n) is 2.35. The predicted molar refractivity (Wildman–Crippen MR) is 60.1 cm³/mol. The molecular formula is C13H13N. The number of hydrogen-bond donors (Lipinski definition) is 1. The van der Waals surface area contributed by atoms with Gasteiger partial charge in [0.2, 0.25) is 0 Å². The Morgan fingerprint density at radius 2 is 1.79 bits per heavy atom. The van der Waals surface area contributed by atoms with Gasteiger partial charge in [-0.25, -0.2) is 0 Å². The smallest absolute Gasteiger partial charge is 0.00841 e. The van der Waals surface area contributed by atoms with Crippen molar-refractivity contribution in [3.63, 3.8) is 0 Å². The molecule has 0 spiro atoms. The SMILES string of the molecule is C=C(c1ccc(C)cc1)c1cc[nH]c1. The molecule has 70 valence electrons. The van der Waals surface area contributed by atoms with Crippen molar-refractivity contribution in [3.05, 3.63) is 66.0 Å². The summed E-state index contributed by atoms with van der Waals surface area (Å²) in [5.74, 6) is 0. The second-order valence-corrected chi connectivity index (χ2v) is 3.44. The fraction of sp³-hybridized carbons (Fsp3) is 0.0769. The predicted octanol–water partition coefficient (Wildman–Crippen LogP) is 3.38. The molecule has 2 rings (SSSR count). The molecule has 0 aliphatic carbocycles. The highest BCUT2D eigenvalue weighted by molar-refractivity contribution is 5.77. The van der Waals surface area contributed by atoms with Crippen LogP contribution >= 0.6 is 0 Å². The number of aryl methyl sites for hydroxylation is 1. The van der Waals surface area contributed by atoms with Crippen molar-refractivity contribution in [2.45, 2.75) is 6.92 Å². The molecule has 14 heavy (non-hydrogen) atoms. The monoisotopic (exact) mass is 183 g/mol. The summed E-state index contributed by atoms with van der Waals surface area (Å²) in [6, 6.07) is 10.4. The van der Waals surface area contributed by atoms with Crippen LogP contribution in [0.3, 0.4) is 0 Å². The summed E-state index contributed by atoms with van der Waals surface area (Å²) in [4.78, 5) is 3.03. The van der Waals surface area contributed by atoms with Gasteiger partial charge in [-0.05, 0) is 29.7 Å². The number of nitrogens with one attached hydrogen (secondary N) is 1. The molecule has 1 nitrogen and oxygen atoms in total. The molecule has 0 bridgehead atoms. The third-order valence-corrected chi connectivity index (χ3v) is 2.35. The third kappa shape index (κ3) is 1.62. The second-order valence-electron chi connectivity index (χ2n) is 3.44. The average Bonchev–Trinajstić information content (AvgIpc) is 2.71. The van der Waals surface area contributed by atoms with Crippen LogP contribution in [-0.4, -0.2) is 4.98 Å². The molecule has 1 aromatic heterocycles. The molecule has 0 saturated heterocycles. The Kier molecular flexibility index (Phi) is 2.23. The van der Waals surface area contributed by atoms with Gasteiger partial charge >= 0.3 is 0 Å². The van der Waals surface area contributed by atoms with E-state index in [0.717, 1.165) is 11.1 Å². The first-order chi connectivity index (χ1) is 6.77. The van der Waals surface area contributed by atoms with Crippen LogP contribution in [0.2, 0.25) is 0 Å². The summed E-state index contributed by atoms with van der Waals surface area (Å²) in [6.45, 7) is 6.16. The largest absolute Gasteiger partial charge is 0.367 e. The minimum absolute atomic E-state index is 1.06. The van der Waals surface area contributed by atoms with E-state index < -0.39 is 0 Å². The normalized spacial score (nSPS) is 10.1. The first-order valence-electron chi connectivity index (χ1n) is 4.66. The fourth-order valence-corrected chi connectivity index (χ4v) is 1.43. The zero-order valence-corrected chi connectivity index (χ0v) is 8.25. The maximum atomic E-state index is 4.08. The van der Waals surface area contributed by atoms with E-state index in [1.807, 2.05) is 18.5 Å². The van der Waals surface area contributed by atoms with Crippen LogP contribution in [0.25, 0.3) is 5.57 Å². The lowest BCUT2D eigenvalue weighted by molar-refractivity contribution is 1.40. The number of benzene rings is 1. The zero-order chi connectivity index (χ0) is 9.97. The van der Waals surface area contributed by atoms with Crippen molar-refractivity contribution in [1.29, 1.82) is 0 Å². The first kappa shape index (κ1) is 8.82. The highest BCUT2D eigenvalue weighted by Crippen LogP contribution is 2.20. The van der Waals surface area contributed by atoms with Crippen molar-refractivity contribution in [3.8, 4) is 0 Å². The molecule has 0 unspecified atom stereocenters. The molecule has 1 heteroatoms. The van der Waals surface area contributed by atoms with Crippen LogP contribution in [0.1, 0.15) is 16.7 Å². The molecule has 1 heterocycles. The molecule has 0 radical (unpaired) electrons. The number of hydrogen-bond acceptors (Lipinski definition) is 0. The van der Waals surface area contributed by atoms with Gasteiger partial charge in [0.25, 0.3) is 0 Å². The minimum atomic E-state index is 1.06. The van der Waals surface area contributed by atoms with Crippen LogP contribution in [0.15, 0.2) is 49.3 Å². The quantitative estimate of drug-likeness (QED) is 0.734. The second kappa shape index (κ2) is 3.54. The van der Waals surface area contributed by atoms with Crippen LogP contribution in [0, 0.1) is 6.92 Å². The lowest BCUT2D eigenvalue weighted by Gasteiger charge is -2.03. The van der Waals surface area contributed by atoms with E-state index >= 15 is 0 Å². The number of rotatable bonds is 2. The molecule has 0 saturated carbocycles. The van der Waals surface area contributed by atoms with Crippen molar-refractivity contribution >= 4 is 5.57 Å². The molecule has 0 fully saturated rings. The van der Waals surface area contributed by atoms with E-state index in [4.69, 9.17) is 0 Å². The lowest BCUT2D eigenvalue weighted by Crippen LogP contribution is -1.83. The highest BCUT2D eigenvalue weighted by atomic mass is 14.6. The van der Waals surface area contributed by atoms with Gasteiger partial charge in [0.15, 0.2) is 0 Å². The summed E-state index contributed by atoms with van der Waals surface area (Å²) in [6.07, 6.45) is 3.87. The summed E-state index contributed by atoms with van der Waals surface area (Å²) >= 11 is 0. The summed E-state index contributed by atoms with van der Waals surface area (Å²) < 4.78 is 0. The van der Waals surface area contributed by atoms with Crippen molar-refractivity contribution < 1.29 is 0 Å². The van der Waals surface area contributed by atoms with E-state index in [9.17, 15) is 0 Å². The minimum Gasteiger partial charge on any atom is -0.367 e. The molecule has 1 N–H and O–H groups in total. The lowest BCUT2D eigenvalue weighted by atomic mass is 10.0. The molecule has 0 aliphatic rings. The molecular weight excluding hydrogens is 170 g/mol. The van der Waals surface area contributed by atoms with Crippen molar-refractivity contribution in [1.82, 2.24) is 4.98 Å². The Bertz CT molecular complexity index is 421. The van der Waals surface area contributed by atoms with Crippen molar-refractivity contribution in [2.24, 2.45) is 0 Å². The van der Waals surface area contributed by atoms with Crippen LogP contribution < -0.4 is 0 Å². The standard InChI is InChI=1S/C13H13N/c1-10-3-5-12(6-4-10)11(2)13-7-8-14-9-13/h3-9,14H,2H2,1H3. The first-order valence-corrected chi connectivity index (χ1v) is 4.66. The van der Waals surface area contributed by atoms with Crippen LogP contribution in [0.5, 0.6) is 0 Å². The fourth-order valence-electron chi connectivity index (χ4n) is 1.43. The molecule has 1 aromatic carbocycles. The van der Waals surface area contributed by atoms with E-state index in [1.54, 1.807) is 0 Å². The molecule has 0 amide bonds. The maximum Gasteiger partial charge on any atom is 0.00841 e. The van der Waals surface area contributed by atoms with Crippen LogP contribution in [0.4, 0.5) is 0 Å². The highest BCUT2D eigenvalue weighted by Gasteiger charge is 2.01. The Labute approximate surface area is 84.1 Å². The Hall–Kier alpha value is -1.76. The Morgan fingerprint density at radius 3 is 2.36 bits per heavy atom. The Balaban J connectivity index is 2.33. The van der Waals surface area contributed by atoms with E-state index in [-0.39, 0.29) is 0 Å². The summed E-state index contributed by atoms with van der Waals surface area (Å²) in [5.41, 5.74) is 4.66. The number of aromatic amines is 1. The van der Waals surface area contributed by atoms with Gasteiger partial charge in [-0.3, -0.25) is 0 Å². The van der Waals surface area contributed by atoms with E-state index in [2.05, 4.69) is 42.8 Å². The summed E-state index contributed by atoms with van der Waals surface area (Å²) in [7, 11) is 0. The van der Waals surface area contributed by atoms with E-state index in [1.165, 1.54) is 11.1 Å². The number of H-pyrrole nitrogens is 1. The average molecular weight is 183 g/mol. The topological polar surface area (TPSA) is 15.8 Å². The van der Waals surface area contributed by atoms with E-state index in [0.29, 0.717) is 0 Å². The molecule has 0 atom stereocenters. The van der Waals surface area contributed by atoms with Gasteiger partial charge in [0, 0.05) is 12.4 Å². The van der Waals surface area contributed by atoms with Gasteiger partial charge in [0.05, 0.1) is 0 Å². The molecule has 2 aromatic rings.